The van der Waals surface area contributed by atoms with Crippen molar-refractivity contribution in [2.24, 2.45) is 5.92 Å². The average molecular weight is 353 g/mol. The third-order valence-electron chi connectivity index (χ3n) is 5.13. The van der Waals surface area contributed by atoms with Gasteiger partial charge in [-0.25, -0.2) is 0 Å². The summed E-state index contributed by atoms with van der Waals surface area (Å²) >= 11 is 0. The fourth-order valence-electron chi connectivity index (χ4n) is 3.70. The molecule has 0 unspecified atom stereocenters. The second kappa shape index (κ2) is 7.23. The van der Waals surface area contributed by atoms with Gasteiger partial charge in [-0.3, -0.25) is 9.78 Å². The number of ether oxygens (including phenoxy) is 2. The molecule has 136 valence electrons. The molecule has 0 saturated carbocycles. The van der Waals surface area contributed by atoms with E-state index in [0.717, 1.165) is 48.9 Å². The minimum Gasteiger partial charge on any atom is -0.493 e. The van der Waals surface area contributed by atoms with Gasteiger partial charge in [0.15, 0.2) is 11.5 Å². The van der Waals surface area contributed by atoms with Gasteiger partial charge < -0.3 is 19.3 Å². The number of piperazine rings is 1. The lowest BCUT2D eigenvalue weighted by Crippen LogP contribution is -2.51. The van der Waals surface area contributed by atoms with E-state index in [1.54, 1.807) is 13.3 Å². The molecule has 2 aromatic rings. The van der Waals surface area contributed by atoms with Crippen LogP contribution in [0.15, 0.2) is 42.7 Å². The zero-order valence-corrected chi connectivity index (χ0v) is 14.9. The first-order chi connectivity index (χ1) is 12.8. The quantitative estimate of drug-likeness (QED) is 0.845. The summed E-state index contributed by atoms with van der Waals surface area (Å²) in [6.07, 6.45) is 4.35. The summed E-state index contributed by atoms with van der Waals surface area (Å²) in [5.41, 5.74) is 2.16. The monoisotopic (exact) mass is 353 g/mol. The van der Waals surface area contributed by atoms with Gasteiger partial charge in [-0.05, 0) is 30.2 Å². The number of methoxy groups -OCH3 is 1. The van der Waals surface area contributed by atoms with E-state index < -0.39 is 0 Å². The predicted molar refractivity (Wildman–Crippen MR) is 98.7 cm³/mol. The van der Waals surface area contributed by atoms with E-state index >= 15 is 0 Å². The van der Waals surface area contributed by atoms with Gasteiger partial charge >= 0.3 is 0 Å². The lowest BCUT2D eigenvalue weighted by molar-refractivity contribution is -0.137. The van der Waals surface area contributed by atoms with Gasteiger partial charge in [-0.1, -0.05) is 12.1 Å². The van der Waals surface area contributed by atoms with Crippen LogP contribution in [-0.4, -0.2) is 55.7 Å². The summed E-state index contributed by atoms with van der Waals surface area (Å²) < 4.78 is 11.2. The molecule has 1 amide bonds. The van der Waals surface area contributed by atoms with Crippen LogP contribution in [0.1, 0.15) is 5.56 Å². The molecule has 6 heteroatoms. The van der Waals surface area contributed by atoms with Gasteiger partial charge in [0, 0.05) is 32.4 Å². The van der Waals surface area contributed by atoms with Crippen molar-refractivity contribution in [3.8, 4) is 11.5 Å². The van der Waals surface area contributed by atoms with Gasteiger partial charge in [-0.2, -0.15) is 0 Å². The Hall–Kier alpha value is -2.76. The Morgan fingerprint density at radius 3 is 2.77 bits per heavy atom. The third-order valence-corrected chi connectivity index (χ3v) is 5.13. The number of carbonyl (C=O) groups is 1. The highest BCUT2D eigenvalue weighted by Crippen LogP contribution is 2.36. The number of hydrogen-bond donors (Lipinski definition) is 0. The Morgan fingerprint density at radius 1 is 1.19 bits per heavy atom. The zero-order valence-electron chi connectivity index (χ0n) is 14.9. The van der Waals surface area contributed by atoms with Gasteiger partial charge in [0.25, 0.3) is 0 Å². The third kappa shape index (κ3) is 3.19. The molecule has 26 heavy (non-hydrogen) atoms. The summed E-state index contributed by atoms with van der Waals surface area (Å²) in [6.45, 7) is 3.53. The van der Waals surface area contributed by atoms with Crippen LogP contribution in [0.4, 0.5) is 5.69 Å². The van der Waals surface area contributed by atoms with E-state index in [9.17, 15) is 4.79 Å². The normalized spacial score (nSPS) is 19.5. The van der Waals surface area contributed by atoms with E-state index in [-0.39, 0.29) is 11.8 Å². The second-order valence-corrected chi connectivity index (χ2v) is 6.68. The number of hydrogen-bond acceptors (Lipinski definition) is 5. The number of nitrogens with zero attached hydrogens (tertiary/aromatic N) is 3. The largest absolute Gasteiger partial charge is 0.493 e. The molecule has 6 nitrogen and oxygen atoms in total. The number of anilines is 1. The Morgan fingerprint density at radius 2 is 2.04 bits per heavy atom. The van der Waals surface area contributed by atoms with Crippen LogP contribution >= 0.6 is 0 Å². The fourth-order valence-corrected chi connectivity index (χ4v) is 3.70. The maximum Gasteiger partial charge on any atom is 0.229 e. The molecule has 1 atom stereocenters. The highest BCUT2D eigenvalue weighted by Gasteiger charge is 2.32. The summed E-state index contributed by atoms with van der Waals surface area (Å²) in [5.74, 6) is 1.57. The smallest absolute Gasteiger partial charge is 0.229 e. The number of carbonyl (C=O) groups excluding carboxylic acids is 1. The van der Waals surface area contributed by atoms with E-state index in [1.165, 1.54) is 0 Å². The van der Waals surface area contributed by atoms with Crippen molar-refractivity contribution in [3.05, 3.63) is 48.3 Å². The van der Waals surface area contributed by atoms with Crippen molar-refractivity contribution in [1.82, 2.24) is 9.88 Å². The van der Waals surface area contributed by atoms with Crippen molar-refractivity contribution in [2.45, 2.75) is 6.42 Å². The lowest BCUT2D eigenvalue weighted by Gasteiger charge is -2.38. The topological polar surface area (TPSA) is 54.9 Å². The molecule has 1 fully saturated rings. The van der Waals surface area contributed by atoms with Crippen LogP contribution in [0.5, 0.6) is 11.5 Å². The van der Waals surface area contributed by atoms with Crippen molar-refractivity contribution in [3.63, 3.8) is 0 Å². The number of para-hydroxylation sites is 1. The van der Waals surface area contributed by atoms with Crippen LogP contribution in [0.3, 0.4) is 0 Å². The van der Waals surface area contributed by atoms with Crippen molar-refractivity contribution < 1.29 is 14.3 Å². The molecule has 0 radical (unpaired) electrons. The summed E-state index contributed by atoms with van der Waals surface area (Å²) in [6, 6.07) is 9.85. The highest BCUT2D eigenvalue weighted by atomic mass is 16.5. The molecule has 1 saturated heterocycles. The molecular weight excluding hydrogens is 330 g/mol. The Labute approximate surface area is 153 Å². The van der Waals surface area contributed by atoms with Crippen LogP contribution in [-0.2, 0) is 11.2 Å². The molecule has 0 spiro atoms. The average Bonchev–Trinajstić information content (AvgIpc) is 2.73. The highest BCUT2D eigenvalue weighted by molar-refractivity contribution is 5.80. The molecule has 2 aliphatic heterocycles. The van der Waals surface area contributed by atoms with Crippen LogP contribution in [0.2, 0.25) is 0 Å². The number of pyridine rings is 1. The van der Waals surface area contributed by atoms with Crippen LogP contribution in [0, 0.1) is 5.92 Å². The molecule has 1 aromatic heterocycles. The first-order valence-corrected chi connectivity index (χ1v) is 8.98. The molecule has 1 aromatic carbocycles. The Bertz CT molecular complexity index is 773. The van der Waals surface area contributed by atoms with Crippen LogP contribution < -0.4 is 14.4 Å². The Kier molecular flexibility index (Phi) is 4.65. The van der Waals surface area contributed by atoms with Gasteiger partial charge in [0.1, 0.15) is 6.61 Å². The van der Waals surface area contributed by atoms with Gasteiger partial charge in [-0.15, -0.1) is 0 Å². The van der Waals surface area contributed by atoms with Crippen molar-refractivity contribution >= 4 is 11.6 Å². The fraction of sp³-hybridized carbons (Fsp3) is 0.400. The van der Waals surface area contributed by atoms with Gasteiger partial charge in [0.05, 0.1) is 24.9 Å². The number of rotatable bonds is 3. The van der Waals surface area contributed by atoms with E-state index in [0.29, 0.717) is 13.0 Å². The standard InChI is InChI=1S/C20H23N3O3/c1-25-18-6-2-4-15-12-16(14-26-19(15)18)20(24)23-10-8-22(9-11-23)17-5-3-7-21-13-17/h2-7,13,16H,8-12,14H2,1H3/t16-/m0/s1. The van der Waals surface area contributed by atoms with Crippen molar-refractivity contribution in [1.29, 1.82) is 0 Å². The Balaban J connectivity index is 1.38. The predicted octanol–water partition coefficient (Wildman–Crippen LogP) is 1.99. The minimum atomic E-state index is -0.125. The first-order valence-electron chi connectivity index (χ1n) is 8.98. The molecule has 4 rings (SSSR count). The summed E-state index contributed by atoms with van der Waals surface area (Å²) in [4.78, 5) is 21.4. The number of aromatic nitrogens is 1. The number of benzene rings is 1. The second-order valence-electron chi connectivity index (χ2n) is 6.68. The molecule has 3 heterocycles. The minimum absolute atomic E-state index is 0.125. The molecule has 2 aliphatic rings. The zero-order chi connectivity index (χ0) is 17.9. The SMILES string of the molecule is COc1cccc2c1OC[C@@H](C(=O)N1CCN(c3cccnc3)CC1)C2. The van der Waals surface area contributed by atoms with Crippen molar-refractivity contribution in [2.75, 3.05) is 44.8 Å². The number of amides is 1. The summed E-state index contributed by atoms with van der Waals surface area (Å²) in [7, 11) is 1.64. The maximum absolute atomic E-state index is 12.9. The molecule has 0 bridgehead atoms. The molecule has 0 aliphatic carbocycles. The van der Waals surface area contributed by atoms with Crippen LogP contribution in [0.25, 0.3) is 0 Å². The van der Waals surface area contributed by atoms with E-state index in [1.807, 2.05) is 35.4 Å². The maximum atomic E-state index is 12.9. The molecular formula is C20H23N3O3. The van der Waals surface area contributed by atoms with E-state index in [2.05, 4.69) is 16.0 Å². The van der Waals surface area contributed by atoms with Gasteiger partial charge in [0.2, 0.25) is 5.91 Å². The first kappa shape index (κ1) is 16.7. The molecule has 0 N–H and O–H groups in total. The lowest BCUT2D eigenvalue weighted by atomic mass is 9.95. The summed E-state index contributed by atoms with van der Waals surface area (Å²) in [5, 5.41) is 0. The van der Waals surface area contributed by atoms with E-state index in [4.69, 9.17) is 9.47 Å². The number of fused-ring (bicyclic) bond motifs is 1.